The first-order chi connectivity index (χ1) is 17.6. The Bertz CT molecular complexity index is 1280. The fraction of sp³-hybridized carbons (Fsp3) is 0.321. The van der Waals surface area contributed by atoms with Crippen LogP contribution in [0.1, 0.15) is 35.5 Å². The summed E-state index contributed by atoms with van der Waals surface area (Å²) in [4.78, 5) is 31.9. The second-order valence-corrected chi connectivity index (χ2v) is 9.30. The van der Waals surface area contributed by atoms with E-state index in [0.717, 1.165) is 30.9 Å². The lowest BCUT2D eigenvalue weighted by Gasteiger charge is -2.31. The van der Waals surface area contributed by atoms with Gasteiger partial charge in [-0.15, -0.1) is 0 Å². The zero-order chi connectivity index (χ0) is 26.6. The molecule has 0 radical (unpaired) electrons. The molecule has 1 amide bonds. The first-order valence-corrected chi connectivity index (χ1v) is 12.1. The zero-order valence-corrected chi connectivity index (χ0v) is 20.8. The number of rotatable bonds is 7. The number of Topliss-reactive ketones (excluding diaryl/α,β-unsaturated/α-hetero) is 1. The average Bonchev–Trinajstić information content (AvgIpc) is 2.87. The van der Waals surface area contributed by atoms with Crippen LogP contribution in [-0.4, -0.2) is 53.4 Å². The number of piperazine rings is 1. The van der Waals surface area contributed by atoms with Gasteiger partial charge < -0.3 is 10.2 Å². The SMILES string of the molecule is CC(=O)c1cccc(N(Cc2cccc(-c3cccc(CN4CCN[C@@H](C)C4)n3)c2)C(=O)C(F)(F)F)c1. The zero-order valence-electron chi connectivity index (χ0n) is 20.8. The molecule has 2 heterocycles. The Labute approximate surface area is 214 Å². The highest BCUT2D eigenvalue weighted by atomic mass is 19.4. The molecule has 0 spiro atoms. The molecule has 1 aliphatic rings. The van der Waals surface area contributed by atoms with Crippen molar-refractivity contribution in [2.75, 3.05) is 24.5 Å². The Morgan fingerprint density at radius 1 is 1.08 bits per heavy atom. The predicted molar refractivity (Wildman–Crippen MR) is 136 cm³/mol. The average molecular weight is 511 g/mol. The Morgan fingerprint density at radius 2 is 1.84 bits per heavy atom. The quantitative estimate of drug-likeness (QED) is 0.461. The third kappa shape index (κ3) is 6.81. The lowest BCUT2D eigenvalue weighted by atomic mass is 10.1. The molecule has 3 aromatic rings. The van der Waals surface area contributed by atoms with Crippen LogP contribution < -0.4 is 10.2 Å². The van der Waals surface area contributed by atoms with Gasteiger partial charge in [0.15, 0.2) is 5.78 Å². The first kappa shape index (κ1) is 26.5. The van der Waals surface area contributed by atoms with Crippen LogP contribution in [0.4, 0.5) is 18.9 Å². The van der Waals surface area contributed by atoms with Crippen LogP contribution in [0, 0.1) is 0 Å². The molecule has 9 heteroatoms. The van der Waals surface area contributed by atoms with E-state index in [9.17, 15) is 22.8 Å². The number of alkyl halides is 3. The van der Waals surface area contributed by atoms with Crippen LogP contribution >= 0.6 is 0 Å². The molecule has 0 saturated carbocycles. The highest BCUT2D eigenvalue weighted by Crippen LogP contribution is 2.28. The van der Waals surface area contributed by atoms with Gasteiger partial charge in [0.2, 0.25) is 0 Å². The number of hydrogen-bond donors (Lipinski definition) is 1. The minimum absolute atomic E-state index is 0.00537. The molecule has 37 heavy (non-hydrogen) atoms. The molecule has 1 aliphatic heterocycles. The van der Waals surface area contributed by atoms with Gasteiger partial charge >= 0.3 is 12.1 Å². The minimum Gasteiger partial charge on any atom is -0.312 e. The van der Waals surface area contributed by atoms with Crippen molar-refractivity contribution in [3.63, 3.8) is 0 Å². The van der Waals surface area contributed by atoms with Gasteiger partial charge in [0.1, 0.15) is 0 Å². The number of pyridine rings is 1. The number of ketones is 1. The van der Waals surface area contributed by atoms with Crippen LogP contribution in [0.3, 0.4) is 0 Å². The number of amides is 1. The lowest BCUT2D eigenvalue weighted by Crippen LogP contribution is -2.48. The number of nitrogens with one attached hydrogen (secondary N) is 1. The summed E-state index contributed by atoms with van der Waals surface area (Å²) in [6, 6.07) is 18.8. The number of anilines is 1. The van der Waals surface area contributed by atoms with Crippen molar-refractivity contribution in [2.45, 2.75) is 39.2 Å². The first-order valence-electron chi connectivity index (χ1n) is 12.1. The molecule has 1 fully saturated rings. The van der Waals surface area contributed by atoms with E-state index in [1.807, 2.05) is 24.3 Å². The maximum absolute atomic E-state index is 13.5. The molecule has 1 atom stereocenters. The van der Waals surface area contributed by atoms with Crippen molar-refractivity contribution < 1.29 is 22.8 Å². The maximum atomic E-state index is 13.5. The van der Waals surface area contributed by atoms with E-state index in [1.54, 1.807) is 18.2 Å². The monoisotopic (exact) mass is 510 g/mol. The van der Waals surface area contributed by atoms with Gasteiger partial charge in [-0.2, -0.15) is 13.2 Å². The van der Waals surface area contributed by atoms with Gasteiger partial charge in [-0.1, -0.05) is 36.4 Å². The van der Waals surface area contributed by atoms with Crippen LogP contribution in [0.5, 0.6) is 0 Å². The predicted octanol–water partition coefficient (Wildman–Crippen LogP) is 4.84. The molecule has 0 aliphatic carbocycles. The summed E-state index contributed by atoms with van der Waals surface area (Å²) in [5.74, 6) is -2.30. The van der Waals surface area contributed by atoms with Crippen molar-refractivity contribution in [1.82, 2.24) is 15.2 Å². The molecule has 6 nitrogen and oxygen atoms in total. The van der Waals surface area contributed by atoms with Crippen molar-refractivity contribution in [1.29, 1.82) is 0 Å². The Balaban J connectivity index is 1.60. The van der Waals surface area contributed by atoms with E-state index in [-0.39, 0.29) is 23.6 Å². The van der Waals surface area contributed by atoms with E-state index in [1.165, 1.54) is 31.2 Å². The number of nitrogens with zero attached hydrogens (tertiary/aromatic N) is 3. The highest BCUT2D eigenvalue weighted by molar-refractivity contribution is 6.00. The summed E-state index contributed by atoms with van der Waals surface area (Å²) >= 11 is 0. The topological polar surface area (TPSA) is 65.5 Å². The smallest absolute Gasteiger partial charge is 0.312 e. The number of carbonyl (C=O) groups excluding carboxylic acids is 2. The van der Waals surface area contributed by atoms with Crippen molar-refractivity contribution in [3.05, 3.63) is 83.6 Å². The lowest BCUT2D eigenvalue weighted by molar-refractivity contribution is -0.170. The van der Waals surface area contributed by atoms with Crippen LogP contribution in [0.25, 0.3) is 11.3 Å². The van der Waals surface area contributed by atoms with Gasteiger partial charge in [0, 0.05) is 49.0 Å². The Hall–Kier alpha value is -3.56. The molecule has 0 bridgehead atoms. The summed E-state index contributed by atoms with van der Waals surface area (Å²) < 4.78 is 40.4. The van der Waals surface area contributed by atoms with Gasteiger partial charge in [-0.3, -0.25) is 19.5 Å². The van der Waals surface area contributed by atoms with Crippen molar-refractivity contribution in [3.8, 4) is 11.3 Å². The molecule has 194 valence electrons. The number of benzene rings is 2. The van der Waals surface area contributed by atoms with E-state index in [4.69, 9.17) is 4.98 Å². The molecule has 0 unspecified atom stereocenters. The van der Waals surface area contributed by atoms with E-state index in [2.05, 4.69) is 17.1 Å². The standard InChI is InChI=1S/C28H29F3N4O2/c1-19-16-34(13-12-32-19)18-24-9-5-11-26(33-24)23-8-3-6-21(14-23)17-35(27(37)28(29,30)31)25-10-4-7-22(15-25)20(2)36/h3-11,14-15,19,32H,12-13,16-18H2,1-2H3/t19-/m0/s1. The van der Waals surface area contributed by atoms with Gasteiger partial charge in [-0.25, -0.2) is 0 Å². The van der Waals surface area contributed by atoms with E-state index in [0.29, 0.717) is 28.7 Å². The van der Waals surface area contributed by atoms with Crippen LogP contribution in [0.15, 0.2) is 66.7 Å². The van der Waals surface area contributed by atoms with E-state index < -0.39 is 12.1 Å². The third-order valence-electron chi connectivity index (χ3n) is 6.26. The Morgan fingerprint density at radius 3 is 2.57 bits per heavy atom. The number of aromatic nitrogens is 1. The van der Waals surface area contributed by atoms with E-state index >= 15 is 0 Å². The summed E-state index contributed by atoms with van der Waals surface area (Å²) in [6.07, 6.45) is -5.07. The molecule has 1 saturated heterocycles. The molecular formula is C28H29F3N4O2. The maximum Gasteiger partial charge on any atom is 0.471 e. The summed E-state index contributed by atoms with van der Waals surface area (Å²) in [5, 5.41) is 3.42. The normalized spacial score (nSPS) is 16.4. The molecule has 4 rings (SSSR count). The minimum atomic E-state index is -5.07. The van der Waals surface area contributed by atoms with Crippen molar-refractivity contribution >= 4 is 17.4 Å². The second-order valence-electron chi connectivity index (χ2n) is 9.30. The number of halogens is 3. The summed E-state index contributed by atoms with van der Waals surface area (Å²) in [5.41, 5.74) is 3.09. The highest BCUT2D eigenvalue weighted by Gasteiger charge is 2.43. The van der Waals surface area contributed by atoms with Crippen molar-refractivity contribution in [2.24, 2.45) is 0 Å². The fourth-order valence-corrected chi connectivity index (χ4v) is 4.45. The molecule has 1 aromatic heterocycles. The third-order valence-corrected chi connectivity index (χ3v) is 6.26. The number of hydrogen-bond acceptors (Lipinski definition) is 5. The van der Waals surface area contributed by atoms with Gasteiger partial charge in [-0.05, 0) is 49.7 Å². The van der Waals surface area contributed by atoms with Crippen LogP contribution in [0.2, 0.25) is 0 Å². The summed E-state index contributed by atoms with van der Waals surface area (Å²) in [7, 11) is 0. The fourth-order valence-electron chi connectivity index (χ4n) is 4.45. The second kappa shape index (κ2) is 11.2. The van der Waals surface area contributed by atoms with Gasteiger partial charge in [0.25, 0.3) is 0 Å². The molecule has 1 N–H and O–H groups in total. The van der Waals surface area contributed by atoms with Crippen LogP contribution in [-0.2, 0) is 17.9 Å². The van der Waals surface area contributed by atoms with Gasteiger partial charge in [0.05, 0.1) is 17.9 Å². The largest absolute Gasteiger partial charge is 0.471 e. The summed E-state index contributed by atoms with van der Waals surface area (Å²) in [6.45, 7) is 6.64. The molecular weight excluding hydrogens is 481 g/mol. The Kier molecular flexibility index (Phi) is 8.04. The number of carbonyl (C=O) groups is 2. The molecule has 2 aromatic carbocycles.